The number of carboxylic acids is 1. The Morgan fingerprint density at radius 3 is 2.30 bits per heavy atom. The van der Waals surface area contributed by atoms with Crippen LogP contribution in [0.4, 0.5) is 0 Å². The van der Waals surface area contributed by atoms with E-state index >= 15 is 0 Å². The zero-order valence-electron chi connectivity index (χ0n) is 23.8. The lowest BCUT2D eigenvalue weighted by Crippen LogP contribution is -2.65. The van der Waals surface area contributed by atoms with Gasteiger partial charge in [-0.15, -0.1) is 0 Å². The van der Waals surface area contributed by atoms with Crippen LogP contribution in [0.1, 0.15) is 99.8 Å². The van der Waals surface area contributed by atoms with Crippen LogP contribution in [0.3, 0.4) is 0 Å². The average Bonchev–Trinajstić information content (AvgIpc) is 3.05. The molecule has 4 aliphatic rings. The van der Waals surface area contributed by atoms with Crippen molar-refractivity contribution in [3.05, 3.63) is 22.8 Å². The summed E-state index contributed by atoms with van der Waals surface area (Å²) in [6, 6.07) is 0. The summed E-state index contributed by atoms with van der Waals surface area (Å²) in [5, 5.41) is 32.9. The SMILES string of the molecule is CC(=O)OC1CC2(C)C(CC(O)C3C4(C)CCC(O)C(C)C4CC[C@@]32C)/C1=C(\CCC=C(C)C)C(=O)O. The summed E-state index contributed by atoms with van der Waals surface area (Å²) in [6.07, 6.45) is 6.22. The summed E-state index contributed by atoms with van der Waals surface area (Å²) >= 11 is 0. The number of allylic oxidation sites excluding steroid dienone is 2. The van der Waals surface area contributed by atoms with Gasteiger partial charge in [0.05, 0.1) is 12.2 Å². The predicted octanol–water partition coefficient (Wildman–Crippen LogP) is 5.67. The van der Waals surface area contributed by atoms with Gasteiger partial charge in [-0.2, -0.15) is 0 Å². The van der Waals surface area contributed by atoms with Crippen molar-refractivity contribution >= 4 is 11.9 Å². The Kier molecular flexibility index (Phi) is 7.53. The number of carbonyl (C=O) groups is 2. The third-order valence-corrected chi connectivity index (χ3v) is 11.6. The third-order valence-electron chi connectivity index (χ3n) is 11.6. The van der Waals surface area contributed by atoms with Crippen LogP contribution in [-0.4, -0.2) is 45.6 Å². The molecule has 4 aliphatic carbocycles. The average molecular weight is 517 g/mol. The van der Waals surface area contributed by atoms with Crippen LogP contribution in [0, 0.1) is 39.9 Å². The van der Waals surface area contributed by atoms with Gasteiger partial charge in [0.15, 0.2) is 0 Å². The number of esters is 1. The van der Waals surface area contributed by atoms with Crippen molar-refractivity contribution < 1.29 is 29.6 Å². The molecule has 0 saturated heterocycles. The van der Waals surface area contributed by atoms with Crippen LogP contribution in [0.5, 0.6) is 0 Å². The lowest BCUT2D eigenvalue weighted by molar-refractivity contribution is -0.234. The first-order valence-electron chi connectivity index (χ1n) is 14.3. The highest BCUT2D eigenvalue weighted by atomic mass is 16.5. The first-order valence-corrected chi connectivity index (χ1v) is 14.3. The van der Waals surface area contributed by atoms with E-state index in [2.05, 4.69) is 27.7 Å². The Morgan fingerprint density at radius 1 is 1.03 bits per heavy atom. The van der Waals surface area contributed by atoms with Gasteiger partial charge in [-0.25, -0.2) is 4.79 Å². The molecule has 0 aromatic heterocycles. The molecule has 0 heterocycles. The lowest BCUT2D eigenvalue weighted by atomic mass is 9.36. The van der Waals surface area contributed by atoms with Gasteiger partial charge in [-0.05, 0) is 111 Å². The van der Waals surface area contributed by atoms with Crippen LogP contribution in [-0.2, 0) is 14.3 Å². The van der Waals surface area contributed by atoms with Crippen LogP contribution in [0.25, 0.3) is 0 Å². The van der Waals surface area contributed by atoms with Gasteiger partial charge < -0.3 is 20.1 Å². The number of aliphatic hydroxyl groups is 2. The molecule has 9 unspecified atom stereocenters. The quantitative estimate of drug-likeness (QED) is 0.247. The second-order valence-corrected chi connectivity index (χ2v) is 13.6. The number of carboxylic acid groups (broad SMARTS) is 1. The first-order chi connectivity index (χ1) is 17.2. The molecule has 4 fully saturated rings. The molecule has 0 radical (unpaired) electrons. The molecule has 0 amide bonds. The molecule has 0 aromatic rings. The zero-order valence-corrected chi connectivity index (χ0v) is 23.8. The van der Waals surface area contributed by atoms with Gasteiger partial charge in [0.1, 0.15) is 6.10 Å². The zero-order chi connectivity index (χ0) is 27.5. The van der Waals surface area contributed by atoms with E-state index in [1.165, 1.54) is 6.92 Å². The molecule has 0 bridgehead atoms. The molecule has 0 aromatic carbocycles. The Balaban J connectivity index is 1.82. The molecule has 37 heavy (non-hydrogen) atoms. The fourth-order valence-electron chi connectivity index (χ4n) is 9.79. The number of hydrogen-bond donors (Lipinski definition) is 3. The van der Waals surface area contributed by atoms with Crippen LogP contribution >= 0.6 is 0 Å². The van der Waals surface area contributed by atoms with E-state index in [1.54, 1.807) is 0 Å². The third kappa shape index (κ3) is 4.40. The highest BCUT2D eigenvalue weighted by molar-refractivity contribution is 5.88. The number of rotatable bonds is 5. The fraction of sp³-hybridized carbons (Fsp3) is 0.806. The summed E-state index contributed by atoms with van der Waals surface area (Å²) in [5.74, 6) is -0.909. The highest BCUT2D eigenvalue weighted by Crippen LogP contribution is 2.74. The number of ether oxygens (including phenoxy) is 1. The maximum Gasteiger partial charge on any atom is 0.331 e. The first kappa shape index (κ1) is 28.4. The molecular weight excluding hydrogens is 468 g/mol. The van der Waals surface area contributed by atoms with Crippen LogP contribution in [0.15, 0.2) is 22.8 Å². The molecule has 3 N–H and O–H groups in total. The van der Waals surface area contributed by atoms with Gasteiger partial charge in [-0.1, -0.05) is 39.3 Å². The summed E-state index contributed by atoms with van der Waals surface area (Å²) in [7, 11) is 0. The normalized spacial score (nSPS) is 46.2. The minimum Gasteiger partial charge on any atom is -0.478 e. The van der Waals surface area contributed by atoms with E-state index in [4.69, 9.17) is 4.74 Å². The second-order valence-electron chi connectivity index (χ2n) is 13.6. The molecule has 0 spiro atoms. The second kappa shape index (κ2) is 9.82. The molecule has 10 atom stereocenters. The standard InChI is InChI=1S/C31H48O6/c1-17(2)9-8-10-20(28(35)36)26-22-15-24(34)27-29(5)13-12-23(33)18(3)21(29)11-14-30(27,6)31(22,7)16-25(26)37-19(4)32/h9,18,21-25,27,33-34H,8,10-16H2,1-7H3,(H,35,36)/b26-20-/t18?,21?,22?,23?,24?,25?,27?,29?,30-,31?/m0/s1. The molecular formula is C31H48O6. The Labute approximate surface area is 222 Å². The molecule has 4 saturated carbocycles. The summed E-state index contributed by atoms with van der Waals surface area (Å²) in [5.41, 5.74) is 1.57. The van der Waals surface area contributed by atoms with E-state index in [0.717, 1.165) is 36.8 Å². The Morgan fingerprint density at radius 2 is 1.70 bits per heavy atom. The Hall–Kier alpha value is -1.66. The number of carbonyl (C=O) groups excluding carboxylic acids is 1. The molecule has 208 valence electrons. The van der Waals surface area contributed by atoms with Crippen molar-refractivity contribution in [3.8, 4) is 0 Å². The Bertz CT molecular complexity index is 994. The van der Waals surface area contributed by atoms with E-state index in [9.17, 15) is 24.9 Å². The van der Waals surface area contributed by atoms with Crippen molar-refractivity contribution in [2.75, 3.05) is 0 Å². The van der Waals surface area contributed by atoms with E-state index in [0.29, 0.717) is 37.2 Å². The molecule has 4 rings (SSSR count). The van der Waals surface area contributed by atoms with Crippen molar-refractivity contribution in [3.63, 3.8) is 0 Å². The smallest absolute Gasteiger partial charge is 0.331 e. The fourth-order valence-corrected chi connectivity index (χ4v) is 9.79. The van der Waals surface area contributed by atoms with Gasteiger partial charge in [-0.3, -0.25) is 4.79 Å². The number of fused-ring (bicyclic) bond motifs is 5. The van der Waals surface area contributed by atoms with E-state index < -0.39 is 24.1 Å². The predicted molar refractivity (Wildman–Crippen MR) is 143 cm³/mol. The number of hydrogen-bond acceptors (Lipinski definition) is 5. The van der Waals surface area contributed by atoms with Crippen molar-refractivity contribution in [2.24, 2.45) is 39.9 Å². The van der Waals surface area contributed by atoms with Gasteiger partial charge in [0.2, 0.25) is 0 Å². The minimum absolute atomic E-state index is 0.0474. The summed E-state index contributed by atoms with van der Waals surface area (Å²) in [4.78, 5) is 24.8. The van der Waals surface area contributed by atoms with Gasteiger partial charge in [0, 0.05) is 12.5 Å². The number of aliphatic hydroxyl groups excluding tert-OH is 2. The minimum atomic E-state index is -0.953. The molecule has 6 heteroatoms. The van der Waals surface area contributed by atoms with Crippen molar-refractivity contribution in [2.45, 2.75) is 118 Å². The van der Waals surface area contributed by atoms with Gasteiger partial charge >= 0.3 is 11.9 Å². The van der Waals surface area contributed by atoms with Crippen LogP contribution in [0.2, 0.25) is 0 Å². The van der Waals surface area contributed by atoms with E-state index in [-0.39, 0.29) is 40.1 Å². The van der Waals surface area contributed by atoms with Crippen molar-refractivity contribution in [1.29, 1.82) is 0 Å². The summed E-state index contributed by atoms with van der Waals surface area (Å²) < 4.78 is 5.87. The topological polar surface area (TPSA) is 104 Å². The largest absolute Gasteiger partial charge is 0.478 e. The maximum atomic E-state index is 12.6. The van der Waals surface area contributed by atoms with Crippen molar-refractivity contribution in [1.82, 2.24) is 0 Å². The highest BCUT2D eigenvalue weighted by Gasteiger charge is 2.70. The van der Waals surface area contributed by atoms with Gasteiger partial charge in [0.25, 0.3) is 0 Å². The maximum absolute atomic E-state index is 12.6. The monoisotopic (exact) mass is 516 g/mol. The number of aliphatic carboxylic acids is 1. The van der Waals surface area contributed by atoms with Crippen LogP contribution < -0.4 is 0 Å². The summed E-state index contributed by atoms with van der Waals surface area (Å²) in [6.45, 7) is 14.5. The lowest BCUT2D eigenvalue weighted by Gasteiger charge is -2.69. The molecule has 6 nitrogen and oxygen atoms in total. The molecule has 0 aliphatic heterocycles. The van der Waals surface area contributed by atoms with E-state index in [1.807, 2.05) is 19.9 Å².